The lowest BCUT2D eigenvalue weighted by molar-refractivity contribution is -0.187. The van der Waals surface area contributed by atoms with Crippen molar-refractivity contribution in [1.82, 2.24) is 19.5 Å². The Morgan fingerprint density at radius 1 is 0.657 bits per heavy atom. The number of amides is 1. The summed E-state index contributed by atoms with van der Waals surface area (Å²) in [5, 5.41) is 5.54. The van der Waals surface area contributed by atoms with Gasteiger partial charge in [-0.3, -0.25) is 19.8 Å². The highest BCUT2D eigenvalue weighted by Gasteiger charge is 2.55. The monoisotopic (exact) mass is 1470 g/mol. The predicted molar refractivity (Wildman–Crippen MR) is 404 cm³/mol. The van der Waals surface area contributed by atoms with Gasteiger partial charge in [0.15, 0.2) is 22.0 Å². The number of hydrogen-bond donors (Lipinski definition) is 5. The van der Waals surface area contributed by atoms with E-state index in [4.69, 9.17) is 67.7 Å². The van der Waals surface area contributed by atoms with Crippen molar-refractivity contribution in [1.29, 1.82) is 0 Å². The van der Waals surface area contributed by atoms with Crippen molar-refractivity contribution in [3.05, 3.63) is 200 Å². The molecule has 4 fully saturated rings. The van der Waals surface area contributed by atoms with Gasteiger partial charge >= 0.3 is 0 Å². The molecular formula is C78H80F2N14O8S3. The van der Waals surface area contributed by atoms with Crippen LogP contribution in [-0.2, 0) is 55.3 Å². The molecule has 2 aromatic carbocycles. The Labute approximate surface area is 620 Å². The van der Waals surface area contributed by atoms with Gasteiger partial charge in [-0.2, -0.15) is 0 Å². The number of carbonyl (C=O) groups is 1. The number of nitrogens with two attached hydrogens (primary N) is 4. The van der Waals surface area contributed by atoms with Gasteiger partial charge in [-0.25, -0.2) is 33.6 Å². The van der Waals surface area contributed by atoms with Gasteiger partial charge in [0, 0.05) is 98.6 Å². The number of anilines is 1. The first-order chi connectivity index (χ1) is 50.3. The number of carbonyl (C=O) groups excluding carboxylic acids is 1. The number of aromatic nitrogens is 4. The highest BCUT2D eigenvalue weighted by atomic mass is 32.2. The molecule has 0 aliphatic carbocycles. The first-order valence-corrected chi connectivity index (χ1v) is 36.6. The molecule has 1 amide bonds. The molecule has 4 saturated heterocycles. The minimum absolute atomic E-state index is 0.0265. The number of hydrogen-bond acceptors (Lipinski definition) is 22. The Balaban J connectivity index is 0.000000124. The van der Waals surface area contributed by atoms with Gasteiger partial charge in [0.2, 0.25) is 5.69 Å². The Bertz CT molecular complexity index is 4930. The van der Waals surface area contributed by atoms with Crippen LogP contribution in [0.25, 0.3) is 32.1 Å². The fraction of sp³-hybridized carbons (Fsp3) is 0.372. The van der Waals surface area contributed by atoms with E-state index in [1.807, 2.05) is 49.0 Å². The van der Waals surface area contributed by atoms with Crippen LogP contribution in [0.15, 0.2) is 154 Å². The lowest BCUT2D eigenvalue weighted by atomic mass is 9.78. The van der Waals surface area contributed by atoms with Crippen LogP contribution < -0.4 is 28.3 Å². The van der Waals surface area contributed by atoms with Crippen LogP contribution in [-0.4, -0.2) is 123 Å². The Morgan fingerprint density at radius 3 is 1.97 bits per heavy atom. The van der Waals surface area contributed by atoms with Gasteiger partial charge in [-0.15, -0.1) is 34.5 Å². The maximum atomic E-state index is 14.7. The number of pyridine rings is 3. The summed E-state index contributed by atoms with van der Waals surface area (Å²) in [5.41, 5.74) is 30.2. The summed E-state index contributed by atoms with van der Waals surface area (Å²) >= 11 is 5.15. The second kappa shape index (κ2) is 29.5. The molecule has 22 nitrogen and oxygen atoms in total. The van der Waals surface area contributed by atoms with Crippen molar-refractivity contribution in [2.75, 3.05) is 58.2 Å². The van der Waals surface area contributed by atoms with Crippen LogP contribution in [0, 0.1) is 48.8 Å². The number of amidine groups is 4. The summed E-state index contributed by atoms with van der Waals surface area (Å²) in [4.78, 5) is 49.8. The van der Waals surface area contributed by atoms with Gasteiger partial charge in [0.05, 0.1) is 87.5 Å². The molecular weight excluding hydrogens is 1400 g/mol. The largest absolute Gasteiger partial charge is 0.454 e. The molecule has 0 saturated carbocycles. The van der Waals surface area contributed by atoms with Crippen molar-refractivity contribution in [2.24, 2.45) is 42.9 Å². The van der Waals surface area contributed by atoms with E-state index in [9.17, 15) is 13.6 Å². The molecule has 16 rings (SSSR count). The Morgan fingerprint density at radius 2 is 1.32 bits per heavy atom. The maximum absolute atomic E-state index is 14.7. The third kappa shape index (κ3) is 16.0. The SMILES string of the molecule is CC#Cc1cccc(-c2csc(C3(C)CC4(CCCOC4)SC(N)=N3)c2)c1.CC#Cc1cncc(-n2ccc(C3(C)CC4(COC4)OC(N)=N3)c2)c1.CC1(c2cc(NC(=O)c3ccc(F)cn3)ccc2F)CC2(COC2)OC(N)=N1.[C-]#[N+]c1cncc(-c2cc(C)c(C3(C)CC4(COC4)OC(N)=N3)s2)c1. The van der Waals surface area contributed by atoms with E-state index in [1.165, 1.54) is 40.3 Å². The summed E-state index contributed by atoms with van der Waals surface area (Å²) in [7, 11) is 0. The Kier molecular flexibility index (Phi) is 20.6. The molecule has 0 bridgehead atoms. The molecule has 5 atom stereocenters. The second-order valence-corrected chi connectivity index (χ2v) is 31.8. The topological polar surface area (TPSA) is 295 Å². The number of nitrogens with one attached hydrogen (secondary N) is 1. The first kappa shape index (κ1) is 73.3. The zero-order valence-electron chi connectivity index (χ0n) is 59.2. The zero-order chi connectivity index (χ0) is 74.0. The van der Waals surface area contributed by atoms with E-state index < -0.39 is 39.8 Å². The number of thiophene rings is 2. The van der Waals surface area contributed by atoms with Crippen LogP contribution in [0.3, 0.4) is 0 Å². The van der Waals surface area contributed by atoms with Gasteiger partial charge in [-0.05, 0) is 174 Å². The van der Waals surface area contributed by atoms with E-state index >= 15 is 0 Å². The second-order valence-electron chi connectivity index (χ2n) is 28.3. The van der Waals surface area contributed by atoms with Crippen LogP contribution in [0.1, 0.15) is 128 Å². The minimum Gasteiger partial charge on any atom is -0.454 e. The molecule has 542 valence electrons. The van der Waals surface area contributed by atoms with Gasteiger partial charge in [0.25, 0.3) is 24.0 Å². The highest BCUT2D eigenvalue weighted by Crippen LogP contribution is 2.52. The maximum Gasteiger partial charge on any atom is 0.283 e. The van der Waals surface area contributed by atoms with Crippen LogP contribution in [0.4, 0.5) is 20.2 Å². The molecule has 0 radical (unpaired) electrons. The van der Waals surface area contributed by atoms with E-state index in [0.29, 0.717) is 62.6 Å². The van der Waals surface area contributed by atoms with E-state index in [2.05, 4.69) is 139 Å². The van der Waals surface area contributed by atoms with Crippen LogP contribution in [0.2, 0.25) is 0 Å². The average Bonchev–Trinajstić information content (AvgIpc) is 1.75. The zero-order valence-corrected chi connectivity index (χ0v) is 61.6. The molecule has 27 heteroatoms. The van der Waals surface area contributed by atoms with E-state index in [0.717, 1.165) is 101 Å². The number of aryl methyl sites for hydroxylation is 1. The number of thioether (sulfide) groups is 1. The number of halogens is 2. The number of nitrogens with zero attached hydrogens (tertiary/aromatic N) is 9. The third-order valence-corrected chi connectivity index (χ3v) is 23.3. The molecule has 105 heavy (non-hydrogen) atoms. The standard InChI is InChI=1S/C22H24N2OS2.C19H18F2N4O3.C19H20N4O2.C18H18N4O2S/c1-3-6-16-7-4-8-17(11-16)18-12-19(26-13-18)21(2)14-22(27-20(23)24-21)9-5-10-25-15-22;1-18(8-19(9-27-10-19)28-17(22)25-18)13-6-12(3-4-14(13)21)24-16(26)15-5-2-11(20)7-23-15;1-3-4-14-7-16(9-21-8-14)23-6-5-15(10-23)18(2)11-19(12-24-13-19)25-17(20)22-18;1-11-4-14(12-5-13(20-3)7-21-6-12)25-15(11)17(2)8-18(9-23-10-18)24-16(19)22-17/h4,7-8,11-13H,5,9-10,14-15H2,1-2H3,(H2,23,24);2-7H,8-10H2,1H3,(H2,22,25)(H,24,26);5-10H,11-13H2,1-2H3,(H2,20,22);4-7H,8-10H2,1-2H3,(H2,19,22). The summed E-state index contributed by atoms with van der Waals surface area (Å²) in [6.45, 7) is 25.6. The summed E-state index contributed by atoms with van der Waals surface area (Å²) in [6, 6.07) is 25.7. The van der Waals surface area contributed by atoms with E-state index in [-0.39, 0.29) is 50.8 Å². The lowest BCUT2D eigenvalue weighted by Gasteiger charge is -2.48. The third-order valence-electron chi connectivity index (χ3n) is 19.4. The highest BCUT2D eigenvalue weighted by molar-refractivity contribution is 8.15. The van der Waals surface area contributed by atoms with Gasteiger partial charge in [-0.1, -0.05) is 35.7 Å². The smallest absolute Gasteiger partial charge is 0.283 e. The van der Waals surface area contributed by atoms with Crippen molar-refractivity contribution in [2.45, 2.75) is 131 Å². The van der Waals surface area contributed by atoms with Crippen LogP contribution in [0.5, 0.6) is 0 Å². The fourth-order valence-corrected chi connectivity index (χ4v) is 18.4. The molecule has 8 aromatic rings. The van der Waals surface area contributed by atoms with Crippen molar-refractivity contribution < 1.29 is 46.7 Å². The molecule has 5 unspecified atom stereocenters. The fourth-order valence-electron chi connectivity index (χ4n) is 14.7. The van der Waals surface area contributed by atoms with Crippen molar-refractivity contribution in [3.63, 3.8) is 0 Å². The van der Waals surface area contributed by atoms with Crippen molar-refractivity contribution >= 4 is 75.0 Å². The quantitative estimate of drug-likeness (QED) is 0.0663. The normalized spacial score (nSPS) is 24.6. The lowest BCUT2D eigenvalue weighted by Crippen LogP contribution is -2.59. The molecule has 14 heterocycles. The molecule has 9 N–H and O–H groups in total. The molecule has 8 aliphatic heterocycles. The summed E-state index contributed by atoms with van der Waals surface area (Å²) in [6.07, 6.45) is 17.0. The molecule has 4 spiro atoms. The molecule has 6 aromatic heterocycles. The number of ether oxygens (including phenoxy) is 7. The van der Waals surface area contributed by atoms with Crippen molar-refractivity contribution in [3.8, 4) is 50.9 Å². The summed E-state index contributed by atoms with van der Waals surface area (Å²) < 4.78 is 68.5. The number of rotatable bonds is 9. The van der Waals surface area contributed by atoms with E-state index in [1.54, 1.807) is 59.9 Å². The van der Waals surface area contributed by atoms with Gasteiger partial charge < -0.3 is 66.0 Å². The predicted octanol–water partition coefficient (Wildman–Crippen LogP) is 12.7. The number of aliphatic imine (C=N–C) groups is 4. The first-order valence-electron chi connectivity index (χ1n) is 34.1. The van der Waals surface area contributed by atoms with Crippen LogP contribution >= 0.6 is 34.4 Å². The minimum atomic E-state index is -0.981. The molecule has 8 aliphatic rings. The average molecular weight is 1480 g/mol. The van der Waals surface area contributed by atoms with Gasteiger partial charge in [0.1, 0.15) is 22.9 Å². The number of benzene rings is 2. The summed E-state index contributed by atoms with van der Waals surface area (Å²) in [5.74, 6) is 10.5. The Hall–Kier alpha value is -10.0.